The van der Waals surface area contributed by atoms with E-state index in [2.05, 4.69) is 16.4 Å². The van der Waals surface area contributed by atoms with Crippen molar-refractivity contribution in [2.24, 2.45) is 11.7 Å². The fraction of sp³-hybridized carbons (Fsp3) is 0.471. The second kappa shape index (κ2) is 6.31. The number of aromatic nitrogens is 1. The van der Waals surface area contributed by atoms with Crippen LogP contribution in [0.5, 0.6) is 5.75 Å². The number of nitrogens with two attached hydrogens (primary N) is 1. The van der Waals surface area contributed by atoms with Crippen LogP contribution in [-0.4, -0.2) is 24.7 Å². The maximum atomic E-state index is 5.93. The summed E-state index contributed by atoms with van der Waals surface area (Å²) in [7, 11) is 1.70. The second-order valence-corrected chi connectivity index (χ2v) is 5.75. The number of benzene rings is 1. The molecule has 3 rings (SSSR count). The number of anilines is 1. The third kappa shape index (κ3) is 2.81. The summed E-state index contributed by atoms with van der Waals surface area (Å²) in [6.07, 6.45) is 6.78. The zero-order valence-corrected chi connectivity index (χ0v) is 12.5. The average molecular weight is 285 g/mol. The Bertz CT molecular complexity index is 614. The molecule has 2 atom stereocenters. The third-order valence-corrected chi connectivity index (χ3v) is 4.52. The number of ether oxygens (including phenoxy) is 1. The molecule has 0 bridgehead atoms. The van der Waals surface area contributed by atoms with Gasteiger partial charge >= 0.3 is 0 Å². The first kappa shape index (κ1) is 14.1. The maximum absolute atomic E-state index is 5.93. The van der Waals surface area contributed by atoms with Gasteiger partial charge in [0.2, 0.25) is 0 Å². The Morgan fingerprint density at radius 1 is 1.24 bits per heavy atom. The van der Waals surface area contributed by atoms with Crippen LogP contribution in [0.2, 0.25) is 0 Å². The standard InChI is InChI=1S/C17H23N3O/c1-21-16-8-4-6-14-13(16)9-10-19-17(14)20-15-7-3-2-5-12(15)11-18/h4,6,8-10,12,15H,2-3,5,7,11,18H2,1H3,(H,19,20). The van der Waals surface area contributed by atoms with Gasteiger partial charge in [0.1, 0.15) is 11.6 Å². The molecule has 0 amide bonds. The van der Waals surface area contributed by atoms with Crippen molar-refractivity contribution in [1.29, 1.82) is 0 Å². The highest BCUT2D eigenvalue weighted by Crippen LogP contribution is 2.32. The number of nitrogens with one attached hydrogen (secondary N) is 1. The Labute approximate surface area is 125 Å². The number of hydrogen-bond donors (Lipinski definition) is 2. The van der Waals surface area contributed by atoms with Crippen molar-refractivity contribution in [3.63, 3.8) is 0 Å². The van der Waals surface area contributed by atoms with Gasteiger partial charge < -0.3 is 15.8 Å². The number of methoxy groups -OCH3 is 1. The molecule has 2 unspecified atom stereocenters. The second-order valence-electron chi connectivity index (χ2n) is 5.75. The lowest BCUT2D eigenvalue weighted by Gasteiger charge is -2.32. The number of rotatable bonds is 4. The van der Waals surface area contributed by atoms with Crippen molar-refractivity contribution in [2.45, 2.75) is 31.7 Å². The molecule has 1 aliphatic rings. The first-order valence-electron chi connectivity index (χ1n) is 7.72. The minimum absolute atomic E-state index is 0.424. The molecule has 1 heterocycles. The molecule has 1 aromatic carbocycles. The molecular formula is C17H23N3O. The molecule has 0 aliphatic heterocycles. The van der Waals surface area contributed by atoms with E-state index >= 15 is 0 Å². The zero-order chi connectivity index (χ0) is 14.7. The van der Waals surface area contributed by atoms with Crippen molar-refractivity contribution < 1.29 is 4.74 Å². The molecule has 2 aromatic rings. The van der Waals surface area contributed by atoms with Gasteiger partial charge in [-0.3, -0.25) is 0 Å². The van der Waals surface area contributed by atoms with Gasteiger partial charge in [0.05, 0.1) is 7.11 Å². The first-order chi connectivity index (χ1) is 10.3. The van der Waals surface area contributed by atoms with Gasteiger partial charge in [-0.2, -0.15) is 0 Å². The van der Waals surface area contributed by atoms with Crippen molar-refractivity contribution in [3.05, 3.63) is 30.5 Å². The van der Waals surface area contributed by atoms with Crippen molar-refractivity contribution in [3.8, 4) is 5.75 Å². The van der Waals surface area contributed by atoms with Gasteiger partial charge in [0.25, 0.3) is 0 Å². The van der Waals surface area contributed by atoms with Crippen LogP contribution in [0.15, 0.2) is 30.5 Å². The number of hydrogen-bond acceptors (Lipinski definition) is 4. The van der Waals surface area contributed by atoms with Gasteiger partial charge in [-0.15, -0.1) is 0 Å². The van der Waals surface area contributed by atoms with E-state index in [9.17, 15) is 0 Å². The molecule has 0 saturated heterocycles. The van der Waals surface area contributed by atoms with Crippen molar-refractivity contribution in [1.82, 2.24) is 4.98 Å². The first-order valence-corrected chi connectivity index (χ1v) is 7.72. The Balaban J connectivity index is 1.93. The normalized spacial score (nSPS) is 22.2. The molecule has 4 nitrogen and oxygen atoms in total. The molecule has 1 aromatic heterocycles. The number of fused-ring (bicyclic) bond motifs is 1. The van der Waals surface area contributed by atoms with Crippen LogP contribution in [0.1, 0.15) is 25.7 Å². The highest BCUT2D eigenvalue weighted by molar-refractivity contribution is 5.95. The van der Waals surface area contributed by atoms with E-state index in [0.717, 1.165) is 28.9 Å². The minimum atomic E-state index is 0.424. The van der Waals surface area contributed by atoms with E-state index in [1.165, 1.54) is 25.7 Å². The quantitative estimate of drug-likeness (QED) is 0.906. The lowest BCUT2D eigenvalue weighted by Crippen LogP contribution is -2.37. The van der Waals surface area contributed by atoms with Crippen LogP contribution in [0, 0.1) is 5.92 Å². The lowest BCUT2D eigenvalue weighted by atomic mass is 9.84. The van der Waals surface area contributed by atoms with Crippen LogP contribution >= 0.6 is 0 Å². The summed E-state index contributed by atoms with van der Waals surface area (Å²) in [4.78, 5) is 4.54. The zero-order valence-electron chi connectivity index (χ0n) is 12.5. The summed E-state index contributed by atoms with van der Waals surface area (Å²) in [6, 6.07) is 8.51. The van der Waals surface area contributed by atoms with Crippen molar-refractivity contribution in [2.75, 3.05) is 19.0 Å². The summed E-state index contributed by atoms with van der Waals surface area (Å²) in [6.45, 7) is 0.742. The molecular weight excluding hydrogens is 262 g/mol. The number of pyridine rings is 1. The van der Waals surface area contributed by atoms with E-state index in [4.69, 9.17) is 10.5 Å². The van der Waals surface area contributed by atoms with Gasteiger partial charge in [-0.05, 0) is 37.4 Å². The molecule has 1 fully saturated rings. The minimum Gasteiger partial charge on any atom is -0.496 e. The largest absolute Gasteiger partial charge is 0.496 e. The van der Waals surface area contributed by atoms with Gasteiger partial charge in [-0.25, -0.2) is 4.98 Å². The fourth-order valence-corrected chi connectivity index (χ4v) is 3.33. The lowest BCUT2D eigenvalue weighted by molar-refractivity contribution is 0.332. The molecule has 0 radical (unpaired) electrons. The highest BCUT2D eigenvalue weighted by atomic mass is 16.5. The summed E-state index contributed by atoms with van der Waals surface area (Å²) in [5.41, 5.74) is 5.93. The van der Waals surface area contributed by atoms with Crippen LogP contribution in [0.25, 0.3) is 10.8 Å². The van der Waals surface area contributed by atoms with Crippen LogP contribution in [0.4, 0.5) is 5.82 Å². The SMILES string of the molecule is COc1cccc2c(NC3CCCCC3CN)nccc12. The van der Waals surface area contributed by atoms with Gasteiger partial charge in [0.15, 0.2) is 0 Å². The molecule has 0 spiro atoms. The molecule has 112 valence electrons. The Morgan fingerprint density at radius 2 is 2.10 bits per heavy atom. The summed E-state index contributed by atoms with van der Waals surface area (Å²) in [5, 5.41) is 5.83. The van der Waals surface area contributed by atoms with E-state index < -0.39 is 0 Å². The number of nitrogens with zero attached hydrogens (tertiary/aromatic N) is 1. The van der Waals surface area contributed by atoms with Crippen LogP contribution < -0.4 is 15.8 Å². The van der Waals surface area contributed by atoms with E-state index in [1.54, 1.807) is 7.11 Å². The monoisotopic (exact) mass is 285 g/mol. The molecule has 3 N–H and O–H groups in total. The smallest absolute Gasteiger partial charge is 0.134 e. The summed E-state index contributed by atoms with van der Waals surface area (Å²) >= 11 is 0. The predicted octanol–water partition coefficient (Wildman–Crippen LogP) is 3.17. The third-order valence-electron chi connectivity index (χ3n) is 4.52. The van der Waals surface area contributed by atoms with E-state index in [1.807, 2.05) is 24.4 Å². The fourth-order valence-electron chi connectivity index (χ4n) is 3.33. The topological polar surface area (TPSA) is 60.2 Å². The van der Waals surface area contributed by atoms with E-state index in [0.29, 0.717) is 12.0 Å². The van der Waals surface area contributed by atoms with Gasteiger partial charge in [0, 0.05) is 23.0 Å². The van der Waals surface area contributed by atoms with Crippen molar-refractivity contribution >= 4 is 16.6 Å². The predicted molar refractivity (Wildman–Crippen MR) is 86.7 cm³/mol. The molecule has 21 heavy (non-hydrogen) atoms. The molecule has 1 saturated carbocycles. The Hall–Kier alpha value is -1.81. The molecule has 1 aliphatic carbocycles. The Kier molecular flexibility index (Phi) is 4.25. The average Bonchev–Trinajstić information content (AvgIpc) is 2.55. The van der Waals surface area contributed by atoms with E-state index in [-0.39, 0.29) is 0 Å². The Morgan fingerprint density at radius 3 is 2.90 bits per heavy atom. The summed E-state index contributed by atoms with van der Waals surface area (Å²) in [5.74, 6) is 2.37. The van der Waals surface area contributed by atoms with Gasteiger partial charge in [-0.1, -0.05) is 25.0 Å². The van der Waals surface area contributed by atoms with Crippen LogP contribution in [-0.2, 0) is 0 Å². The highest BCUT2D eigenvalue weighted by Gasteiger charge is 2.24. The van der Waals surface area contributed by atoms with Crippen LogP contribution in [0.3, 0.4) is 0 Å². The molecule has 4 heteroatoms. The summed E-state index contributed by atoms with van der Waals surface area (Å²) < 4.78 is 5.44. The maximum Gasteiger partial charge on any atom is 0.134 e.